The van der Waals surface area contributed by atoms with Crippen LogP contribution in [0.3, 0.4) is 0 Å². The highest BCUT2D eigenvalue weighted by Crippen LogP contribution is 2.30. The van der Waals surface area contributed by atoms with Gasteiger partial charge in [-0.1, -0.05) is 31.2 Å². The summed E-state index contributed by atoms with van der Waals surface area (Å²) in [6.45, 7) is 3.93. The van der Waals surface area contributed by atoms with E-state index in [1.165, 1.54) is 47.1 Å². The van der Waals surface area contributed by atoms with E-state index in [4.69, 9.17) is 4.74 Å². The maximum atomic E-state index is 5.47. The standard InChI is InChI=1S/C19H23NO/c1-3-20-13-18-12-17(9-10-19(18)21-2)16-8-7-14-5-4-6-15(14)11-16/h7-12,20H,3-6,13H2,1-2H3. The van der Waals surface area contributed by atoms with E-state index >= 15 is 0 Å². The first kappa shape index (κ1) is 14.2. The summed E-state index contributed by atoms with van der Waals surface area (Å²) in [6, 6.07) is 13.4. The molecule has 0 saturated carbocycles. The van der Waals surface area contributed by atoms with Crippen molar-refractivity contribution >= 4 is 0 Å². The zero-order valence-corrected chi connectivity index (χ0v) is 12.9. The van der Waals surface area contributed by atoms with Crippen LogP contribution in [0.4, 0.5) is 0 Å². The van der Waals surface area contributed by atoms with E-state index in [9.17, 15) is 0 Å². The first-order valence-corrected chi connectivity index (χ1v) is 7.81. The topological polar surface area (TPSA) is 21.3 Å². The molecule has 0 heterocycles. The lowest BCUT2D eigenvalue weighted by atomic mass is 9.98. The Balaban J connectivity index is 1.94. The van der Waals surface area contributed by atoms with Crippen LogP contribution in [-0.2, 0) is 19.4 Å². The Labute approximate surface area is 127 Å². The third kappa shape index (κ3) is 2.96. The number of ether oxygens (including phenoxy) is 1. The fourth-order valence-corrected chi connectivity index (χ4v) is 3.11. The van der Waals surface area contributed by atoms with Gasteiger partial charge < -0.3 is 10.1 Å². The third-order valence-electron chi connectivity index (χ3n) is 4.28. The molecule has 0 spiro atoms. The maximum absolute atomic E-state index is 5.47. The molecule has 0 saturated heterocycles. The molecule has 21 heavy (non-hydrogen) atoms. The third-order valence-corrected chi connectivity index (χ3v) is 4.28. The molecule has 2 nitrogen and oxygen atoms in total. The van der Waals surface area contributed by atoms with Gasteiger partial charge in [0.25, 0.3) is 0 Å². The Morgan fingerprint density at radius 2 is 1.76 bits per heavy atom. The van der Waals surface area contributed by atoms with Crippen LogP contribution in [0.25, 0.3) is 11.1 Å². The van der Waals surface area contributed by atoms with Crippen LogP contribution in [0.2, 0.25) is 0 Å². The van der Waals surface area contributed by atoms with Gasteiger partial charge in [-0.15, -0.1) is 0 Å². The molecule has 0 bridgehead atoms. The molecule has 3 rings (SSSR count). The molecule has 2 aromatic rings. The van der Waals surface area contributed by atoms with Crippen LogP contribution >= 0.6 is 0 Å². The Morgan fingerprint density at radius 3 is 2.57 bits per heavy atom. The molecule has 0 unspecified atom stereocenters. The number of fused-ring (bicyclic) bond motifs is 1. The van der Waals surface area contributed by atoms with Crippen molar-refractivity contribution in [3.05, 3.63) is 53.1 Å². The number of benzene rings is 2. The summed E-state index contributed by atoms with van der Waals surface area (Å²) < 4.78 is 5.47. The molecule has 0 aliphatic heterocycles. The van der Waals surface area contributed by atoms with Gasteiger partial charge in [0.15, 0.2) is 0 Å². The summed E-state index contributed by atoms with van der Waals surface area (Å²) in [7, 11) is 1.74. The summed E-state index contributed by atoms with van der Waals surface area (Å²) in [5.74, 6) is 0.959. The lowest BCUT2D eigenvalue weighted by Gasteiger charge is -2.12. The Kier molecular flexibility index (Phi) is 4.26. The van der Waals surface area contributed by atoms with E-state index < -0.39 is 0 Å². The van der Waals surface area contributed by atoms with Crippen molar-refractivity contribution in [1.82, 2.24) is 5.32 Å². The highest BCUT2D eigenvalue weighted by Gasteiger charge is 2.12. The number of hydrogen-bond acceptors (Lipinski definition) is 2. The van der Waals surface area contributed by atoms with E-state index in [2.05, 4.69) is 48.6 Å². The number of hydrogen-bond donors (Lipinski definition) is 1. The highest BCUT2D eigenvalue weighted by atomic mass is 16.5. The molecule has 0 atom stereocenters. The molecule has 2 aromatic carbocycles. The van der Waals surface area contributed by atoms with Crippen LogP contribution in [0.1, 0.15) is 30.0 Å². The van der Waals surface area contributed by atoms with Crippen molar-refractivity contribution in [1.29, 1.82) is 0 Å². The lowest BCUT2D eigenvalue weighted by molar-refractivity contribution is 0.408. The Hall–Kier alpha value is -1.80. The van der Waals surface area contributed by atoms with Crippen molar-refractivity contribution in [2.24, 2.45) is 0 Å². The predicted octanol–water partition coefficient (Wildman–Crippen LogP) is 3.96. The fourth-order valence-electron chi connectivity index (χ4n) is 3.11. The molecular formula is C19H23NO. The van der Waals surface area contributed by atoms with Crippen LogP contribution < -0.4 is 10.1 Å². The van der Waals surface area contributed by atoms with Crippen LogP contribution in [0.5, 0.6) is 5.75 Å². The highest BCUT2D eigenvalue weighted by molar-refractivity contribution is 5.67. The molecular weight excluding hydrogens is 258 g/mol. The van der Waals surface area contributed by atoms with Crippen molar-refractivity contribution in [3.8, 4) is 16.9 Å². The molecule has 0 amide bonds. The molecule has 0 radical (unpaired) electrons. The van der Waals surface area contributed by atoms with Crippen molar-refractivity contribution in [2.75, 3.05) is 13.7 Å². The molecule has 0 aromatic heterocycles. The summed E-state index contributed by atoms with van der Waals surface area (Å²) in [4.78, 5) is 0. The zero-order chi connectivity index (χ0) is 14.7. The van der Waals surface area contributed by atoms with Crippen molar-refractivity contribution < 1.29 is 4.74 Å². The van der Waals surface area contributed by atoms with Gasteiger partial charge in [0.05, 0.1) is 7.11 Å². The maximum Gasteiger partial charge on any atom is 0.123 e. The Morgan fingerprint density at radius 1 is 1.00 bits per heavy atom. The number of aryl methyl sites for hydroxylation is 2. The minimum atomic E-state index is 0.846. The number of methoxy groups -OCH3 is 1. The van der Waals surface area contributed by atoms with Gasteiger partial charge >= 0.3 is 0 Å². The SMILES string of the molecule is CCNCc1cc(-c2ccc3c(c2)CCC3)ccc1OC. The largest absolute Gasteiger partial charge is 0.496 e. The number of nitrogens with one attached hydrogen (secondary N) is 1. The van der Waals surface area contributed by atoms with Crippen molar-refractivity contribution in [3.63, 3.8) is 0 Å². The second-order valence-corrected chi connectivity index (χ2v) is 5.64. The first-order chi connectivity index (χ1) is 10.3. The minimum absolute atomic E-state index is 0.846. The smallest absolute Gasteiger partial charge is 0.123 e. The van der Waals surface area contributed by atoms with Crippen LogP contribution in [0, 0.1) is 0 Å². The summed E-state index contributed by atoms with van der Waals surface area (Å²) >= 11 is 0. The van der Waals surface area contributed by atoms with Crippen LogP contribution in [-0.4, -0.2) is 13.7 Å². The predicted molar refractivity (Wildman–Crippen MR) is 87.8 cm³/mol. The molecule has 1 aliphatic carbocycles. The van der Waals surface area contributed by atoms with Gasteiger partial charge in [0.1, 0.15) is 5.75 Å². The second kappa shape index (κ2) is 6.31. The van der Waals surface area contributed by atoms with Gasteiger partial charge in [-0.3, -0.25) is 0 Å². The summed E-state index contributed by atoms with van der Waals surface area (Å²) in [5, 5.41) is 3.38. The van der Waals surface area contributed by atoms with E-state index in [0.717, 1.165) is 18.8 Å². The molecule has 1 aliphatic rings. The van der Waals surface area contributed by atoms with E-state index in [1.54, 1.807) is 7.11 Å². The average Bonchev–Trinajstić information content (AvgIpc) is 3.00. The van der Waals surface area contributed by atoms with E-state index in [-0.39, 0.29) is 0 Å². The second-order valence-electron chi connectivity index (χ2n) is 5.64. The first-order valence-electron chi connectivity index (χ1n) is 7.81. The van der Waals surface area contributed by atoms with Gasteiger partial charge in [0, 0.05) is 12.1 Å². The fraction of sp³-hybridized carbons (Fsp3) is 0.368. The van der Waals surface area contributed by atoms with Gasteiger partial charge in [-0.25, -0.2) is 0 Å². The molecule has 0 fully saturated rings. The van der Waals surface area contributed by atoms with E-state index in [1.807, 2.05) is 0 Å². The lowest BCUT2D eigenvalue weighted by Crippen LogP contribution is -2.12. The summed E-state index contributed by atoms with van der Waals surface area (Å²) in [6.07, 6.45) is 3.76. The number of rotatable bonds is 5. The summed E-state index contributed by atoms with van der Waals surface area (Å²) in [5.41, 5.74) is 6.86. The molecule has 110 valence electrons. The molecule has 2 heteroatoms. The van der Waals surface area contributed by atoms with Crippen LogP contribution in [0.15, 0.2) is 36.4 Å². The average molecular weight is 281 g/mol. The molecule has 1 N–H and O–H groups in total. The monoisotopic (exact) mass is 281 g/mol. The van der Waals surface area contributed by atoms with Gasteiger partial charge in [0.2, 0.25) is 0 Å². The quantitative estimate of drug-likeness (QED) is 0.895. The minimum Gasteiger partial charge on any atom is -0.496 e. The Bertz CT molecular complexity index is 633. The normalized spacial score (nSPS) is 13.2. The van der Waals surface area contributed by atoms with Gasteiger partial charge in [-0.05, 0) is 60.2 Å². The van der Waals surface area contributed by atoms with E-state index in [0.29, 0.717) is 0 Å². The van der Waals surface area contributed by atoms with Gasteiger partial charge in [-0.2, -0.15) is 0 Å². The van der Waals surface area contributed by atoms with Crippen molar-refractivity contribution in [2.45, 2.75) is 32.7 Å². The zero-order valence-electron chi connectivity index (χ0n) is 12.9.